The van der Waals surface area contributed by atoms with Crippen molar-refractivity contribution in [3.8, 4) is 5.69 Å². The number of amides is 3. The highest BCUT2D eigenvalue weighted by molar-refractivity contribution is 5.95. The number of hydrogen-bond donors (Lipinski definition) is 0. The molecule has 1 saturated heterocycles. The van der Waals surface area contributed by atoms with Crippen LogP contribution in [-0.4, -0.2) is 75.2 Å². The smallest absolute Gasteiger partial charge is 0.336 e. The van der Waals surface area contributed by atoms with Gasteiger partial charge in [-0.15, -0.1) is 5.10 Å². The molecule has 0 saturated carbocycles. The molecular formula is C29H24F7N7O2. The molecule has 1 fully saturated rings. The second-order valence-electron chi connectivity index (χ2n) is 10.5. The van der Waals surface area contributed by atoms with E-state index in [0.717, 1.165) is 11.9 Å². The lowest BCUT2D eigenvalue weighted by molar-refractivity contribution is -0.143. The second kappa shape index (κ2) is 11.8. The molecule has 0 aliphatic carbocycles. The van der Waals surface area contributed by atoms with E-state index in [-0.39, 0.29) is 19.2 Å². The van der Waals surface area contributed by atoms with Crippen molar-refractivity contribution in [2.45, 2.75) is 24.3 Å². The van der Waals surface area contributed by atoms with Crippen LogP contribution in [0.4, 0.5) is 41.2 Å². The first-order valence-corrected chi connectivity index (χ1v) is 13.3. The topological polar surface area (TPSA) is 87.5 Å². The Hall–Kier alpha value is -5.02. The number of likely N-dealkylation sites (tertiary alicyclic amines) is 1. The third-order valence-corrected chi connectivity index (χ3v) is 7.65. The zero-order valence-electron chi connectivity index (χ0n) is 23.6. The zero-order valence-corrected chi connectivity index (χ0v) is 23.6. The van der Waals surface area contributed by atoms with Gasteiger partial charge in [-0.3, -0.25) is 9.69 Å². The number of nitrogens with zero attached hydrogens (tertiary/aromatic N) is 7. The minimum Gasteiger partial charge on any atom is -0.336 e. The zero-order chi connectivity index (χ0) is 32.7. The quantitative estimate of drug-likeness (QED) is 0.265. The van der Waals surface area contributed by atoms with Gasteiger partial charge in [0.05, 0.1) is 22.9 Å². The van der Waals surface area contributed by atoms with Gasteiger partial charge in [0.15, 0.2) is 0 Å². The summed E-state index contributed by atoms with van der Waals surface area (Å²) >= 11 is 0. The third-order valence-electron chi connectivity index (χ3n) is 7.65. The fraction of sp³-hybridized carbons (Fsp3) is 0.276. The van der Waals surface area contributed by atoms with Crippen LogP contribution in [-0.2, 0) is 12.4 Å². The van der Waals surface area contributed by atoms with Crippen molar-refractivity contribution in [3.05, 3.63) is 101 Å². The lowest BCUT2D eigenvalue weighted by Gasteiger charge is -2.33. The van der Waals surface area contributed by atoms with Crippen molar-refractivity contribution in [2.75, 3.05) is 32.1 Å². The number of hydrogen-bond acceptors (Lipinski definition) is 5. The number of urea groups is 1. The molecule has 9 nitrogen and oxygen atoms in total. The number of likely N-dealkylation sites (N-methyl/N-ethyl adjacent to an activating group) is 1. The number of benzene rings is 3. The van der Waals surface area contributed by atoms with E-state index in [9.17, 15) is 40.3 Å². The summed E-state index contributed by atoms with van der Waals surface area (Å²) in [5.74, 6) is -1.47. The van der Waals surface area contributed by atoms with Crippen LogP contribution in [0.3, 0.4) is 0 Å². The molecule has 0 spiro atoms. The maximum absolute atomic E-state index is 13.7. The lowest BCUT2D eigenvalue weighted by Crippen LogP contribution is -2.47. The molecule has 0 bridgehead atoms. The molecule has 0 radical (unpaired) electrons. The fourth-order valence-electron chi connectivity index (χ4n) is 5.22. The van der Waals surface area contributed by atoms with Crippen LogP contribution in [0.25, 0.3) is 5.69 Å². The molecule has 236 valence electrons. The Kier molecular flexibility index (Phi) is 8.25. The summed E-state index contributed by atoms with van der Waals surface area (Å²) in [5, 5.41) is 10.9. The largest absolute Gasteiger partial charge is 0.416 e. The fourth-order valence-corrected chi connectivity index (χ4v) is 5.22. The van der Waals surface area contributed by atoms with E-state index in [1.165, 1.54) is 47.2 Å². The van der Waals surface area contributed by atoms with Crippen molar-refractivity contribution >= 4 is 17.6 Å². The Balaban J connectivity index is 1.43. The molecule has 2 atom stereocenters. The van der Waals surface area contributed by atoms with Gasteiger partial charge >= 0.3 is 18.4 Å². The van der Waals surface area contributed by atoms with Crippen LogP contribution < -0.4 is 4.90 Å². The van der Waals surface area contributed by atoms with Gasteiger partial charge < -0.3 is 9.80 Å². The number of rotatable bonds is 5. The average Bonchev–Trinajstić information content (AvgIpc) is 3.70. The number of halogens is 7. The van der Waals surface area contributed by atoms with E-state index in [1.807, 2.05) is 0 Å². The molecule has 1 aliphatic rings. The first-order valence-electron chi connectivity index (χ1n) is 13.3. The average molecular weight is 636 g/mol. The van der Waals surface area contributed by atoms with Crippen molar-refractivity contribution < 1.29 is 40.3 Å². The van der Waals surface area contributed by atoms with E-state index in [4.69, 9.17) is 0 Å². The molecule has 4 aromatic rings. The molecule has 1 aliphatic heterocycles. The molecule has 0 N–H and O–H groups in total. The van der Waals surface area contributed by atoms with Crippen LogP contribution in [0.2, 0.25) is 0 Å². The van der Waals surface area contributed by atoms with Gasteiger partial charge in [0.1, 0.15) is 12.1 Å². The Morgan fingerprint density at radius 1 is 0.844 bits per heavy atom. The number of tetrazole rings is 1. The minimum atomic E-state index is -5.10. The summed E-state index contributed by atoms with van der Waals surface area (Å²) in [7, 11) is 2.40. The molecule has 45 heavy (non-hydrogen) atoms. The Morgan fingerprint density at radius 2 is 1.44 bits per heavy atom. The first-order chi connectivity index (χ1) is 21.1. The molecule has 3 amide bonds. The van der Waals surface area contributed by atoms with Gasteiger partial charge in [-0.05, 0) is 70.6 Å². The molecule has 16 heteroatoms. The number of aromatic nitrogens is 4. The van der Waals surface area contributed by atoms with Crippen LogP contribution >= 0.6 is 0 Å². The summed E-state index contributed by atoms with van der Waals surface area (Å²) in [6.45, 7) is 0.0646. The lowest BCUT2D eigenvalue weighted by atomic mass is 9.93. The molecule has 3 aromatic carbocycles. The highest BCUT2D eigenvalue weighted by atomic mass is 19.4. The van der Waals surface area contributed by atoms with Crippen molar-refractivity contribution in [1.82, 2.24) is 30.0 Å². The Bertz CT molecular complexity index is 1640. The summed E-state index contributed by atoms with van der Waals surface area (Å²) in [6.07, 6.45) is -8.82. The molecule has 2 heterocycles. The first kappa shape index (κ1) is 31.4. The molecule has 1 aromatic heterocycles. The van der Waals surface area contributed by atoms with Gasteiger partial charge in [0.25, 0.3) is 5.91 Å². The monoisotopic (exact) mass is 635 g/mol. The third kappa shape index (κ3) is 6.58. The normalized spacial score (nSPS) is 17.0. The Morgan fingerprint density at radius 3 is 1.98 bits per heavy atom. The standard InChI is InChI=1S/C29H24F7N7O2/c1-40(23-12-19(28(31,32)33)11-20(13-23)29(34,35)36)27(45)41(2)25-15-42(14-24(25)17-3-7-21(30)8-4-17)26(44)18-5-9-22(10-6-18)43-16-37-38-39-43/h3-13,16,24-25H,14-15H2,1-2H3/t24-,25+/m0/s1. The molecule has 0 unspecified atom stereocenters. The van der Waals surface area contributed by atoms with Gasteiger partial charge in [-0.1, -0.05) is 12.1 Å². The maximum atomic E-state index is 13.7. The van der Waals surface area contributed by atoms with Crippen LogP contribution in [0.5, 0.6) is 0 Å². The van der Waals surface area contributed by atoms with Gasteiger partial charge in [-0.25, -0.2) is 13.9 Å². The SMILES string of the molecule is CN(C(=O)N(C)[C@@H]1CN(C(=O)c2ccc(-n3cnnn3)cc2)C[C@H]1c1ccc(F)cc1)c1cc(C(F)(F)F)cc(C(F)(F)F)c1. The van der Waals surface area contributed by atoms with Gasteiger partial charge in [0.2, 0.25) is 0 Å². The predicted octanol–water partition coefficient (Wildman–Crippen LogP) is 5.64. The minimum absolute atomic E-state index is 0.0219. The van der Waals surface area contributed by atoms with Crippen LogP contribution in [0.15, 0.2) is 73.1 Å². The van der Waals surface area contributed by atoms with E-state index in [1.54, 1.807) is 24.3 Å². The highest BCUT2D eigenvalue weighted by Crippen LogP contribution is 2.39. The molecule has 5 rings (SSSR count). The summed E-state index contributed by atoms with van der Waals surface area (Å²) in [5.41, 5.74) is -2.28. The van der Waals surface area contributed by atoms with E-state index < -0.39 is 58.9 Å². The van der Waals surface area contributed by atoms with Crippen molar-refractivity contribution in [3.63, 3.8) is 0 Å². The van der Waals surface area contributed by atoms with E-state index in [0.29, 0.717) is 33.8 Å². The number of carbonyl (C=O) groups excluding carboxylic acids is 2. The van der Waals surface area contributed by atoms with E-state index in [2.05, 4.69) is 15.5 Å². The van der Waals surface area contributed by atoms with Crippen molar-refractivity contribution in [2.24, 2.45) is 0 Å². The Labute approximate surface area is 251 Å². The number of carbonyl (C=O) groups is 2. The molecular weight excluding hydrogens is 611 g/mol. The van der Waals surface area contributed by atoms with Gasteiger partial charge in [-0.2, -0.15) is 26.3 Å². The summed E-state index contributed by atoms with van der Waals surface area (Å²) in [6, 6.07) is 11.0. The highest BCUT2D eigenvalue weighted by Gasteiger charge is 2.42. The predicted molar refractivity (Wildman–Crippen MR) is 146 cm³/mol. The van der Waals surface area contributed by atoms with Crippen LogP contribution in [0, 0.1) is 5.82 Å². The van der Waals surface area contributed by atoms with Crippen molar-refractivity contribution in [1.29, 1.82) is 0 Å². The number of anilines is 1. The second-order valence-corrected chi connectivity index (χ2v) is 10.5. The summed E-state index contributed by atoms with van der Waals surface area (Å²) < 4.78 is 95.9. The maximum Gasteiger partial charge on any atom is 0.416 e. The van der Waals surface area contributed by atoms with E-state index >= 15 is 0 Å². The summed E-state index contributed by atoms with van der Waals surface area (Å²) in [4.78, 5) is 30.4. The van der Waals surface area contributed by atoms with Crippen LogP contribution in [0.1, 0.15) is 33.0 Å². The number of alkyl halides is 6. The van der Waals surface area contributed by atoms with Gasteiger partial charge in [0, 0.05) is 44.4 Å².